The first kappa shape index (κ1) is 20.9. The minimum absolute atomic E-state index is 0.128. The molecule has 2 aromatic heterocycles. The summed E-state index contributed by atoms with van der Waals surface area (Å²) in [6.45, 7) is 6.32. The van der Waals surface area contributed by atoms with Crippen molar-refractivity contribution in [3.05, 3.63) is 42.1 Å². The third-order valence-electron chi connectivity index (χ3n) is 6.17. The number of carbonyl (C=O) groups excluding carboxylic acids is 1. The van der Waals surface area contributed by atoms with Crippen molar-refractivity contribution in [3.8, 4) is 11.3 Å². The highest BCUT2D eigenvalue weighted by Gasteiger charge is 2.26. The van der Waals surface area contributed by atoms with Crippen molar-refractivity contribution in [2.24, 2.45) is 5.92 Å². The van der Waals surface area contributed by atoms with E-state index in [0.717, 1.165) is 81.3 Å². The van der Waals surface area contributed by atoms with Crippen LogP contribution in [0.2, 0.25) is 0 Å². The molecule has 0 bridgehead atoms. The van der Waals surface area contributed by atoms with Crippen LogP contribution in [0.4, 0.5) is 0 Å². The number of ether oxygens (including phenoxy) is 1. The number of hydrogen-bond acceptors (Lipinski definition) is 6. The molecule has 1 saturated heterocycles. The average Bonchev–Trinajstić information content (AvgIpc) is 2.79. The van der Waals surface area contributed by atoms with E-state index < -0.39 is 0 Å². The second-order valence-electron chi connectivity index (χ2n) is 8.34. The molecule has 0 radical (unpaired) electrons. The molecule has 1 amide bonds. The molecular weight excluding hydrogens is 378 g/mol. The van der Waals surface area contributed by atoms with E-state index in [2.05, 4.69) is 20.2 Å². The average molecular weight is 410 g/mol. The molecule has 7 heteroatoms. The summed E-state index contributed by atoms with van der Waals surface area (Å²) < 4.78 is 5.34. The molecule has 0 atom stereocenters. The molecule has 3 heterocycles. The van der Waals surface area contributed by atoms with E-state index >= 15 is 0 Å². The lowest BCUT2D eigenvalue weighted by atomic mass is 9.79. The van der Waals surface area contributed by atoms with E-state index in [9.17, 15) is 4.79 Å². The van der Waals surface area contributed by atoms with E-state index in [0.29, 0.717) is 18.4 Å². The zero-order valence-corrected chi connectivity index (χ0v) is 17.7. The van der Waals surface area contributed by atoms with Gasteiger partial charge >= 0.3 is 0 Å². The Hall–Kier alpha value is -2.38. The van der Waals surface area contributed by atoms with Gasteiger partial charge in [0.15, 0.2) is 0 Å². The van der Waals surface area contributed by atoms with Gasteiger partial charge < -0.3 is 10.1 Å². The summed E-state index contributed by atoms with van der Waals surface area (Å²) in [5.41, 5.74) is 3.10. The molecule has 1 N–H and O–H groups in total. The number of nitrogens with one attached hydrogen (secondary N) is 1. The van der Waals surface area contributed by atoms with Gasteiger partial charge in [-0.05, 0) is 50.7 Å². The van der Waals surface area contributed by atoms with Crippen molar-refractivity contribution in [3.63, 3.8) is 0 Å². The highest BCUT2D eigenvalue weighted by Crippen LogP contribution is 2.38. The monoisotopic (exact) mass is 409 g/mol. The zero-order valence-electron chi connectivity index (χ0n) is 17.7. The van der Waals surface area contributed by atoms with E-state index in [1.54, 1.807) is 0 Å². The lowest BCUT2D eigenvalue weighted by molar-refractivity contribution is -0.123. The molecule has 1 aliphatic carbocycles. The largest absolute Gasteiger partial charge is 0.379 e. The molecule has 0 aromatic carbocycles. The fourth-order valence-corrected chi connectivity index (χ4v) is 4.43. The summed E-state index contributed by atoms with van der Waals surface area (Å²) in [6, 6.07) is 5.95. The Morgan fingerprint density at radius 3 is 2.70 bits per heavy atom. The molecule has 4 rings (SSSR count). The Bertz CT molecular complexity index is 831. The van der Waals surface area contributed by atoms with Crippen molar-refractivity contribution >= 4 is 5.91 Å². The minimum atomic E-state index is 0.128. The van der Waals surface area contributed by atoms with Gasteiger partial charge in [0.1, 0.15) is 5.82 Å². The third kappa shape index (κ3) is 5.40. The van der Waals surface area contributed by atoms with Crippen LogP contribution in [0.25, 0.3) is 11.3 Å². The Balaban J connectivity index is 1.30. The van der Waals surface area contributed by atoms with Crippen LogP contribution in [-0.2, 0) is 9.53 Å². The standard InChI is InChI=1S/C23H31N5O2/c1-17-25-15-20(21-4-2-3-9-24-21)23(27-17)19-7-5-18(6-8-19)14-26-22(29)16-28-10-12-30-13-11-28/h2-4,9,15,18-19H,5-8,10-14,16H2,1H3,(H,26,29). The number of rotatable bonds is 6. The Kier molecular flexibility index (Phi) is 7.02. The van der Waals surface area contributed by atoms with Crippen molar-refractivity contribution in [2.45, 2.75) is 38.5 Å². The van der Waals surface area contributed by atoms with Crippen molar-refractivity contribution < 1.29 is 9.53 Å². The topological polar surface area (TPSA) is 80.2 Å². The summed E-state index contributed by atoms with van der Waals surface area (Å²) in [7, 11) is 0. The summed E-state index contributed by atoms with van der Waals surface area (Å²) in [6.07, 6.45) is 8.11. The van der Waals surface area contributed by atoms with E-state index in [1.807, 2.05) is 37.5 Å². The number of hydrogen-bond donors (Lipinski definition) is 1. The molecule has 0 unspecified atom stereocenters. The maximum Gasteiger partial charge on any atom is 0.234 e. The molecule has 1 aliphatic heterocycles. The van der Waals surface area contributed by atoms with Gasteiger partial charge in [-0.25, -0.2) is 9.97 Å². The maximum atomic E-state index is 12.3. The van der Waals surface area contributed by atoms with Crippen LogP contribution in [0.3, 0.4) is 0 Å². The van der Waals surface area contributed by atoms with Crippen LogP contribution in [0, 0.1) is 12.8 Å². The molecule has 2 aromatic rings. The van der Waals surface area contributed by atoms with Crippen molar-refractivity contribution in [1.29, 1.82) is 0 Å². The lowest BCUT2D eigenvalue weighted by Gasteiger charge is -2.30. The van der Waals surface area contributed by atoms with Gasteiger partial charge in [-0.2, -0.15) is 0 Å². The Labute approximate surface area is 178 Å². The molecule has 0 spiro atoms. The van der Waals surface area contributed by atoms with Crippen molar-refractivity contribution in [1.82, 2.24) is 25.2 Å². The van der Waals surface area contributed by atoms with Gasteiger partial charge in [0.05, 0.1) is 31.1 Å². The van der Waals surface area contributed by atoms with Gasteiger partial charge in [0.2, 0.25) is 5.91 Å². The number of aromatic nitrogens is 3. The number of amides is 1. The Morgan fingerprint density at radius 2 is 1.97 bits per heavy atom. The van der Waals surface area contributed by atoms with Gasteiger partial charge in [0.25, 0.3) is 0 Å². The number of pyridine rings is 1. The number of morpholine rings is 1. The molecule has 7 nitrogen and oxygen atoms in total. The SMILES string of the molecule is Cc1ncc(-c2ccccn2)c(C2CCC(CNC(=O)CN3CCOCC3)CC2)n1. The highest BCUT2D eigenvalue weighted by molar-refractivity contribution is 5.78. The fourth-order valence-electron chi connectivity index (χ4n) is 4.43. The number of nitrogens with zero attached hydrogens (tertiary/aromatic N) is 4. The highest BCUT2D eigenvalue weighted by atomic mass is 16.5. The van der Waals surface area contributed by atoms with Gasteiger partial charge in [-0.3, -0.25) is 14.7 Å². The predicted molar refractivity (Wildman–Crippen MR) is 115 cm³/mol. The van der Waals surface area contributed by atoms with Crippen LogP contribution < -0.4 is 5.32 Å². The quantitative estimate of drug-likeness (QED) is 0.790. The number of carbonyl (C=O) groups is 1. The lowest BCUT2D eigenvalue weighted by Crippen LogP contribution is -2.44. The maximum absolute atomic E-state index is 12.3. The third-order valence-corrected chi connectivity index (χ3v) is 6.17. The van der Waals surface area contributed by atoms with Crippen molar-refractivity contribution in [2.75, 3.05) is 39.4 Å². The van der Waals surface area contributed by atoms with Gasteiger partial charge in [-0.1, -0.05) is 6.07 Å². The van der Waals surface area contributed by atoms with Crippen LogP contribution in [0.5, 0.6) is 0 Å². The summed E-state index contributed by atoms with van der Waals surface area (Å²) in [4.78, 5) is 28.1. The normalized spacial score (nSPS) is 22.6. The Morgan fingerprint density at radius 1 is 1.17 bits per heavy atom. The van der Waals surface area contributed by atoms with Crippen LogP contribution >= 0.6 is 0 Å². The molecular formula is C23H31N5O2. The van der Waals surface area contributed by atoms with Crippen LogP contribution in [0.15, 0.2) is 30.6 Å². The molecule has 30 heavy (non-hydrogen) atoms. The zero-order chi connectivity index (χ0) is 20.8. The first-order chi connectivity index (χ1) is 14.7. The van der Waals surface area contributed by atoms with Gasteiger partial charge in [0, 0.05) is 43.5 Å². The van der Waals surface area contributed by atoms with Crippen LogP contribution in [-0.4, -0.2) is 65.2 Å². The second kappa shape index (κ2) is 10.1. The first-order valence-corrected chi connectivity index (χ1v) is 11.0. The summed E-state index contributed by atoms with van der Waals surface area (Å²) >= 11 is 0. The summed E-state index contributed by atoms with van der Waals surface area (Å²) in [5.74, 6) is 1.89. The smallest absolute Gasteiger partial charge is 0.234 e. The molecule has 160 valence electrons. The van der Waals surface area contributed by atoms with E-state index in [1.165, 1.54) is 0 Å². The molecule has 1 saturated carbocycles. The molecule has 2 fully saturated rings. The summed E-state index contributed by atoms with van der Waals surface area (Å²) in [5, 5.41) is 3.14. The van der Waals surface area contributed by atoms with E-state index in [-0.39, 0.29) is 5.91 Å². The van der Waals surface area contributed by atoms with Gasteiger partial charge in [-0.15, -0.1) is 0 Å². The number of aryl methyl sites for hydroxylation is 1. The second-order valence-corrected chi connectivity index (χ2v) is 8.34. The predicted octanol–water partition coefficient (Wildman–Crippen LogP) is 2.57. The first-order valence-electron chi connectivity index (χ1n) is 11.0. The van der Waals surface area contributed by atoms with E-state index in [4.69, 9.17) is 9.72 Å². The van der Waals surface area contributed by atoms with Crippen LogP contribution in [0.1, 0.15) is 43.1 Å². The molecule has 2 aliphatic rings. The fraction of sp³-hybridized carbons (Fsp3) is 0.565. The minimum Gasteiger partial charge on any atom is -0.379 e.